The molecule has 1 aliphatic heterocycles. The van der Waals surface area contributed by atoms with Gasteiger partial charge in [-0.05, 0) is 43.6 Å². The number of carbonyl (C=O) groups excluding carboxylic acids is 2. The lowest BCUT2D eigenvalue weighted by Gasteiger charge is -2.35. The fourth-order valence-corrected chi connectivity index (χ4v) is 2.98. The van der Waals surface area contributed by atoms with Crippen LogP contribution < -0.4 is 16.0 Å². The maximum atomic E-state index is 12.7. The molecule has 1 aromatic rings. The summed E-state index contributed by atoms with van der Waals surface area (Å²) in [6.07, 6.45) is 1.54. The van der Waals surface area contributed by atoms with Gasteiger partial charge in [0.05, 0.1) is 12.0 Å². The third-order valence-corrected chi connectivity index (χ3v) is 4.50. The summed E-state index contributed by atoms with van der Waals surface area (Å²) in [7, 11) is 5.01. The largest absolute Gasteiger partial charge is 0.384 e. The van der Waals surface area contributed by atoms with Crippen LogP contribution in [0.2, 0.25) is 0 Å². The number of hydrogen-bond acceptors (Lipinski definition) is 4. The van der Waals surface area contributed by atoms with E-state index < -0.39 is 5.41 Å². The Morgan fingerprint density at radius 2 is 2.00 bits per heavy atom. The van der Waals surface area contributed by atoms with E-state index in [1.54, 1.807) is 21.2 Å². The van der Waals surface area contributed by atoms with Crippen molar-refractivity contribution >= 4 is 17.6 Å². The van der Waals surface area contributed by atoms with Crippen molar-refractivity contribution in [2.75, 3.05) is 46.2 Å². The second kappa shape index (κ2) is 8.82. The highest BCUT2D eigenvalue weighted by Gasteiger charge is 2.39. The van der Waals surface area contributed by atoms with E-state index in [9.17, 15) is 9.59 Å². The number of nitrogens with zero attached hydrogens (tertiary/aromatic N) is 1. The van der Waals surface area contributed by atoms with Gasteiger partial charge in [-0.1, -0.05) is 12.1 Å². The van der Waals surface area contributed by atoms with Crippen LogP contribution in [0, 0.1) is 5.41 Å². The number of carbonyl (C=O) groups is 2. The van der Waals surface area contributed by atoms with E-state index >= 15 is 0 Å². The third kappa shape index (κ3) is 5.17. The number of urea groups is 1. The zero-order chi connectivity index (χ0) is 18.3. The van der Waals surface area contributed by atoms with E-state index in [1.807, 2.05) is 24.3 Å². The number of nitrogens with one attached hydrogen (secondary N) is 3. The molecule has 7 nitrogen and oxygen atoms in total. The Morgan fingerprint density at radius 3 is 2.64 bits per heavy atom. The number of hydrogen-bond donors (Lipinski definition) is 3. The molecule has 0 aliphatic carbocycles. The van der Waals surface area contributed by atoms with Crippen LogP contribution in [0.15, 0.2) is 24.3 Å². The lowest BCUT2D eigenvalue weighted by atomic mass is 9.78. The van der Waals surface area contributed by atoms with Crippen molar-refractivity contribution in [2.45, 2.75) is 19.4 Å². The maximum absolute atomic E-state index is 12.7. The molecule has 0 aromatic heterocycles. The van der Waals surface area contributed by atoms with Crippen LogP contribution in [0.5, 0.6) is 0 Å². The molecule has 0 saturated carbocycles. The van der Waals surface area contributed by atoms with Crippen molar-refractivity contribution < 1.29 is 14.3 Å². The molecule has 7 heteroatoms. The van der Waals surface area contributed by atoms with Crippen LogP contribution in [0.4, 0.5) is 10.5 Å². The molecule has 3 amide bonds. The van der Waals surface area contributed by atoms with E-state index in [2.05, 4.69) is 16.0 Å². The second-order valence-electron chi connectivity index (χ2n) is 6.67. The van der Waals surface area contributed by atoms with Crippen molar-refractivity contribution in [2.24, 2.45) is 5.41 Å². The highest BCUT2D eigenvalue weighted by molar-refractivity contribution is 5.89. The molecule has 0 bridgehead atoms. The van der Waals surface area contributed by atoms with Crippen LogP contribution in [-0.2, 0) is 16.1 Å². The summed E-state index contributed by atoms with van der Waals surface area (Å²) in [5.41, 5.74) is 1.18. The Hall–Kier alpha value is -2.12. The molecule has 1 heterocycles. The Morgan fingerprint density at radius 1 is 1.28 bits per heavy atom. The smallest absolute Gasteiger partial charge is 0.321 e. The highest BCUT2D eigenvalue weighted by Crippen LogP contribution is 2.29. The fraction of sp³-hybridized carbons (Fsp3) is 0.556. The predicted octanol–water partition coefficient (Wildman–Crippen LogP) is 1.41. The van der Waals surface area contributed by atoms with Gasteiger partial charge in [-0.15, -0.1) is 0 Å². The third-order valence-electron chi connectivity index (χ3n) is 4.50. The van der Waals surface area contributed by atoms with Gasteiger partial charge >= 0.3 is 6.03 Å². The number of rotatable bonds is 6. The predicted molar refractivity (Wildman–Crippen MR) is 97.4 cm³/mol. The van der Waals surface area contributed by atoms with Crippen LogP contribution in [0.3, 0.4) is 0 Å². The molecule has 1 aromatic carbocycles. The minimum atomic E-state index is -0.462. The number of anilines is 1. The van der Waals surface area contributed by atoms with E-state index in [-0.39, 0.29) is 11.9 Å². The summed E-state index contributed by atoms with van der Waals surface area (Å²) in [6, 6.07) is 7.30. The monoisotopic (exact) mass is 348 g/mol. The van der Waals surface area contributed by atoms with Gasteiger partial charge in [0.2, 0.25) is 5.91 Å². The molecule has 0 atom stereocenters. The number of benzene rings is 1. The van der Waals surface area contributed by atoms with E-state index in [0.29, 0.717) is 18.8 Å². The first-order valence-electron chi connectivity index (χ1n) is 8.52. The first kappa shape index (κ1) is 19.2. The quantitative estimate of drug-likeness (QED) is 0.726. The Balaban J connectivity index is 1.97. The molecule has 2 rings (SSSR count). The Bertz CT molecular complexity index is 592. The van der Waals surface area contributed by atoms with Gasteiger partial charge < -0.3 is 25.6 Å². The second-order valence-corrected chi connectivity index (χ2v) is 6.67. The van der Waals surface area contributed by atoms with Gasteiger partial charge in [0, 0.05) is 33.4 Å². The highest BCUT2D eigenvalue weighted by atomic mass is 16.5. The standard InChI is InChI=1S/C18H28N4O3/c1-22(2)17(24)21-15-6-4-5-14(11-15)12-20-16(23)18(13-25-3)7-9-19-10-8-18/h4-6,11,19H,7-10,12-13H2,1-3H3,(H,20,23)(H,21,24). The first-order valence-corrected chi connectivity index (χ1v) is 8.52. The van der Waals surface area contributed by atoms with Crippen molar-refractivity contribution in [3.05, 3.63) is 29.8 Å². The molecule has 25 heavy (non-hydrogen) atoms. The van der Waals surface area contributed by atoms with Crippen LogP contribution >= 0.6 is 0 Å². The number of ether oxygens (including phenoxy) is 1. The summed E-state index contributed by atoms with van der Waals surface area (Å²) in [4.78, 5) is 25.9. The molecule has 3 N–H and O–H groups in total. The van der Waals surface area contributed by atoms with Gasteiger partial charge in [-0.2, -0.15) is 0 Å². The van der Waals surface area contributed by atoms with Crippen LogP contribution in [0.1, 0.15) is 18.4 Å². The van der Waals surface area contributed by atoms with E-state index in [0.717, 1.165) is 31.5 Å². The summed E-state index contributed by atoms with van der Waals surface area (Å²) in [5, 5.41) is 9.12. The molecule has 1 aliphatic rings. The Kier molecular flexibility index (Phi) is 6.78. The number of piperidine rings is 1. The molecule has 0 unspecified atom stereocenters. The van der Waals surface area contributed by atoms with Crippen molar-refractivity contribution in [1.82, 2.24) is 15.5 Å². The first-order chi connectivity index (χ1) is 12.0. The molecular formula is C18H28N4O3. The van der Waals surface area contributed by atoms with Gasteiger partial charge in [0.15, 0.2) is 0 Å². The maximum Gasteiger partial charge on any atom is 0.321 e. The fourth-order valence-electron chi connectivity index (χ4n) is 2.98. The average molecular weight is 348 g/mol. The van der Waals surface area contributed by atoms with Gasteiger partial charge in [0.25, 0.3) is 0 Å². The summed E-state index contributed by atoms with van der Waals surface area (Å²) < 4.78 is 5.30. The summed E-state index contributed by atoms with van der Waals surface area (Å²) in [6.45, 7) is 2.49. The SMILES string of the molecule is COCC1(C(=O)NCc2cccc(NC(=O)N(C)C)c2)CCNCC1. The molecule has 1 fully saturated rings. The summed E-state index contributed by atoms with van der Waals surface area (Å²) >= 11 is 0. The van der Waals surface area contributed by atoms with Crippen LogP contribution in [0.25, 0.3) is 0 Å². The van der Waals surface area contributed by atoms with Gasteiger partial charge in [-0.25, -0.2) is 4.79 Å². The lowest BCUT2D eigenvalue weighted by Crippen LogP contribution is -2.49. The zero-order valence-electron chi connectivity index (χ0n) is 15.2. The van der Waals surface area contributed by atoms with Crippen molar-refractivity contribution in [3.8, 4) is 0 Å². The Labute approximate surface area is 149 Å². The minimum absolute atomic E-state index is 0.0265. The van der Waals surface area contributed by atoms with Crippen molar-refractivity contribution in [1.29, 1.82) is 0 Å². The zero-order valence-corrected chi connectivity index (χ0v) is 15.2. The summed E-state index contributed by atoms with van der Waals surface area (Å²) in [5.74, 6) is 0.0265. The number of methoxy groups -OCH3 is 1. The van der Waals surface area contributed by atoms with Crippen molar-refractivity contribution in [3.63, 3.8) is 0 Å². The average Bonchev–Trinajstić information content (AvgIpc) is 2.61. The van der Waals surface area contributed by atoms with E-state index in [1.165, 1.54) is 4.90 Å². The van der Waals surface area contributed by atoms with Gasteiger partial charge in [0.1, 0.15) is 0 Å². The molecule has 138 valence electrons. The molecular weight excluding hydrogens is 320 g/mol. The lowest BCUT2D eigenvalue weighted by molar-refractivity contribution is -0.136. The van der Waals surface area contributed by atoms with Crippen LogP contribution in [-0.4, -0.2) is 57.7 Å². The minimum Gasteiger partial charge on any atom is -0.384 e. The molecule has 1 saturated heterocycles. The molecule has 0 spiro atoms. The topological polar surface area (TPSA) is 82.7 Å². The number of amides is 3. The normalized spacial score (nSPS) is 16.1. The molecule has 0 radical (unpaired) electrons. The van der Waals surface area contributed by atoms with Gasteiger partial charge in [-0.3, -0.25) is 4.79 Å². The van der Waals surface area contributed by atoms with E-state index in [4.69, 9.17) is 4.74 Å².